The van der Waals surface area contributed by atoms with Crippen LogP contribution in [-0.2, 0) is 0 Å². The van der Waals surface area contributed by atoms with Crippen molar-refractivity contribution in [1.82, 2.24) is 14.8 Å². The molecule has 2 rings (SSSR count). The number of rotatable bonds is 3. The van der Waals surface area contributed by atoms with Gasteiger partial charge in [0.2, 0.25) is 0 Å². The fourth-order valence-electron chi connectivity index (χ4n) is 1.98. The quantitative estimate of drug-likeness (QED) is 0.856. The molecule has 17 heavy (non-hydrogen) atoms. The van der Waals surface area contributed by atoms with Crippen LogP contribution in [0.1, 0.15) is 10.5 Å². The molecular weight excluding hydrogens is 286 g/mol. The Balaban J connectivity index is 1.90. The normalized spacial score (nSPS) is 17.4. The molecule has 2 N–H and O–H groups in total. The molecule has 0 bridgehead atoms. The topological polar surface area (TPSA) is 59.6 Å². The summed E-state index contributed by atoms with van der Waals surface area (Å²) in [4.78, 5) is 19.0. The third-order valence-electron chi connectivity index (χ3n) is 2.95. The minimum Gasteiger partial charge on any atom is -0.395 e. The number of aliphatic hydroxyl groups is 1. The molecule has 2 heterocycles. The number of carbonyl (C=O) groups excluding carboxylic acids is 1. The zero-order valence-electron chi connectivity index (χ0n) is 9.53. The summed E-state index contributed by atoms with van der Waals surface area (Å²) in [6.07, 6.45) is 1.76. The van der Waals surface area contributed by atoms with Crippen molar-refractivity contribution in [2.75, 3.05) is 39.3 Å². The van der Waals surface area contributed by atoms with Crippen LogP contribution >= 0.6 is 15.9 Å². The maximum Gasteiger partial charge on any atom is 0.270 e. The van der Waals surface area contributed by atoms with Gasteiger partial charge in [-0.05, 0) is 22.0 Å². The minimum atomic E-state index is 0.0411. The van der Waals surface area contributed by atoms with E-state index in [1.54, 1.807) is 12.3 Å². The lowest BCUT2D eigenvalue weighted by atomic mass is 10.3. The molecule has 0 radical (unpaired) electrons. The average molecular weight is 302 g/mol. The molecule has 6 heteroatoms. The molecule has 1 aliphatic heterocycles. The number of piperazine rings is 1. The standard InChI is InChI=1S/C11H16BrN3O2/c12-9-7-10(13-8-9)11(17)15-3-1-14(2-4-15)5-6-16/h7-8,13,16H,1-6H2. The number of nitrogens with zero attached hydrogens (tertiary/aromatic N) is 2. The predicted molar refractivity (Wildman–Crippen MR) is 67.9 cm³/mol. The van der Waals surface area contributed by atoms with E-state index in [4.69, 9.17) is 5.11 Å². The monoisotopic (exact) mass is 301 g/mol. The number of β-amino-alcohol motifs (C(OH)–C–C–N with tert-alkyl or cyclic N) is 1. The van der Waals surface area contributed by atoms with Crippen LogP contribution in [-0.4, -0.2) is 65.1 Å². The zero-order valence-corrected chi connectivity index (χ0v) is 11.1. The molecule has 1 aliphatic rings. The number of hydrogen-bond acceptors (Lipinski definition) is 3. The summed E-state index contributed by atoms with van der Waals surface area (Å²) in [6, 6.07) is 1.79. The van der Waals surface area contributed by atoms with Crippen LogP contribution in [0.5, 0.6) is 0 Å². The molecule has 0 spiro atoms. The van der Waals surface area contributed by atoms with Gasteiger partial charge >= 0.3 is 0 Å². The van der Waals surface area contributed by atoms with Gasteiger partial charge in [0.05, 0.1) is 6.61 Å². The second-order valence-electron chi connectivity index (χ2n) is 4.09. The van der Waals surface area contributed by atoms with Gasteiger partial charge in [0.25, 0.3) is 5.91 Å². The Kier molecular flexibility index (Phi) is 4.20. The van der Waals surface area contributed by atoms with Crippen molar-refractivity contribution in [1.29, 1.82) is 0 Å². The fourth-order valence-corrected chi connectivity index (χ4v) is 2.32. The second kappa shape index (κ2) is 5.66. The Labute approximate surface area is 109 Å². The lowest BCUT2D eigenvalue weighted by molar-refractivity contribution is 0.0610. The first-order valence-electron chi connectivity index (χ1n) is 5.67. The summed E-state index contributed by atoms with van der Waals surface area (Å²) < 4.78 is 0.889. The van der Waals surface area contributed by atoms with Crippen LogP contribution in [0.2, 0.25) is 0 Å². The second-order valence-corrected chi connectivity index (χ2v) is 5.00. The van der Waals surface area contributed by atoms with Gasteiger partial charge in [-0.2, -0.15) is 0 Å². The summed E-state index contributed by atoms with van der Waals surface area (Å²) in [5, 5.41) is 8.84. The van der Waals surface area contributed by atoms with Crippen LogP contribution in [0, 0.1) is 0 Å². The van der Waals surface area contributed by atoms with E-state index in [9.17, 15) is 4.79 Å². The smallest absolute Gasteiger partial charge is 0.270 e. The summed E-state index contributed by atoms with van der Waals surface area (Å²) in [5.41, 5.74) is 0.618. The number of carbonyl (C=O) groups is 1. The molecule has 0 atom stereocenters. The van der Waals surface area contributed by atoms with E-state index in [0.717, 1.165) is 30.7 Å². The first-order chi connectivity index (χ1) is 8.20. The largest absolute Gasteiger partial charge is 0.395 e. The van der Waals surface area contributed by atoms with Crippen molar-refractivity contribution in [3.8, 4) is 0 Å². The van der Waals surface area contributed by atoms with E-state index in [2.05, 4.69) is 25.8 Å². The highest BCUT2D eigenvalue weighted by atomic mass is 79.9. The molecule has 1 aromatic rings. The van der Waals surface area contributed by atoms with Crippen LogP contribution in [0.25, 0.3) is 0 Å². The highest BCUT2D eigenvalue weighted by Gasteiger charge is 2.22. The van der Waals surface area contributed by atoms with Gasteiger partial charge in [-0.15, -0.1) is 0 Å². The SMILES string of the molecule is O=C(c1cc(Br)c[nH]1)N1CCN(CCO)CC1. The van der Waals surface area contributed by atoms with Crippen LogP contribution in [0.3, 0.4) is 0 Å². The molecule has 1 fully saturated rings. The summed E-state index contributed by atoms with van der Waals surface area (Å²) >= 11 is 3.32. The molecule has 5 nitrogen and oxygen atoms in total. The number of hydrogen-bond donors (Lipinski definition) is 2. The Morgan fingerprint density at radius 1 is 1.41 bits per heavy atom. The van der Waals surface area contributed by atoms with Crippen molar-refractivity contribution in [2.45, 2.75) is 0 Å². The van der Waals surface area contributed by atoms with Crippen molar-refractivity contribution in [3.63, 3.8) is 0 Å². The molecular formula is C11H16BrN3O2. The van der Waals surface area contributed by atoms with Crippen molar-refractivity contribution in [2.24, 2.45) is 0 Å². The number of nitrogens with one attached hydrogen (secondary N) is 1. The fraction of sp³-hybridized carbons (Fsp3) is 0.545. The lowest BCUT2D eigenvalue weighted by Crippen LogP contribution is -2.49. The molecule has 0 aromatic carbocycles. The third-order valence-corrected chi connectivity index (χ3v) is 3.41. The Morgan fingerprint density at radius 3 is 2.65 bits per heavy atom. The highest BCUT2D eigenvalue weighted by molar-refractivity contribution is 9.10. The van der Waals surface area contributed by atoms with E-state index in [-0.39, 0.29) is 12.5 Å². The number of halogens is 1. The van der Waals surface area contributed by atoms with Gasteiger partial charge in [-0.25, -0.2) is 0 Å². The average Bonchev–Trinajstić information content (AvgIpc) is 2.76. The Morgan fingerprint density at radius 2 is 2.12 bits per heavy atom. The molecule has 94 valence electrons. The molecule has 1 amide bonds. The van der Waals surface area contributed by atoms with E-state index < -0.39 is 0 Å². The van der Waals surface area contributed by atoms with Gasteiger partial charge in [0, 0.05) is 43.4 Å². The third kappa shape index (κ3) is 3.08. The van der Waals surface area contributed by atoms with E-state index in [0.29, 0.717) is 12.2 Å². The van der Waals surface area contributed by atoms with Gasteiger partial charge in [0.15, 0.2) is 0 Å². The lowest BCUT2D eigenvalue weighted by Gasteiger charge is -2.34. The number of aliphatic hydroxyl groups excluding tert-OH is 1. The Hall–Kier alpha value is -0.850. The maximum atomic E-state index is 12.1. The van der Waals surface area contributed by atoms with Gasteiger partial charge in [0.1, 0.15) is 5.69 Å². The summed E-state index contributed by atoms with van der Waals surface area (Å²) in [5.74, 6) is 0.0411. The predicted octanol–water partition coefficient (Wildman–Crippen LogP) is 0.527. The molecule has 1 saturated heterocycles. The molecule has 0 saturated carbocycles. The molecule has 1 aromatic heterocycles. The van der Waals surface area contributed by atoms with Crippen molar-refractivity contribution >= 4 is 21.8 Å². The van der Waals surface area contributed by atoms with E-state index in [1.807, 2.05) is 4.90 Å². The van der Waals surface area contributed by atoms with E-state index >= 15 is 0 Å². The number of aromatic amines is 1. The first kappa shape index (κ1) is 12.6. The van der Waals surface area contributed by atoms with Gasteiger partial charge in [-0.3, -0.25) is 9.69 Å². The van der Waals surface area contributed by atoms with Gasteiger partial charge < -0.3 is 15.0 Å². The molecule has 0 unspecified atom stereocenters. The number of aromatic nitrogens is 1. The zero-order chi connectivity index (χ0) is 12.3. The number of amides is 1. The van der Waals surface area contributed by atoms with Crippen molar-refractivity contribution in [3.05, 3.63) is 22.4 Å². The highest BCUT2D eigenvalue weighted by Crippen LogP contribution is 2.13. The Bertz CT molecular complexity index is 386. The minimum absolute atomic E-state index is 0.0411. The van der Waals surface area contributed by atoms with Crippen molar-refractivity contribution < 1.29 is 9.90 Å². The first-order valence-corrected chi connectivity index (χ1v) is 6.46. The summed E-state index contributed by atoms with van der Waals surface area (Å²) in [7, 11) is 0. The van der Waals surface area contributed by atoms with E-state index in [1.165, 1.54) is 0 Å². The van der Waals surface area contributed by atoms with Crippen LogP contribution in [0.15, 0.2) is 16.7 Å². The maximum absolute atomic E-state index is 12.1. The van der Waals surface area contributed by atoms with Crippen LogP contribution in [0.4, 0.5) is 0 Å². The summed E-state index contributed by atoms with van der Waals surface area (Å²) in [6.45, 7) is 3.96. The molecule has 0 aliphatic carbocycles. The van der Waals surface area contributed by atoms with Crippen LogP contribution < -0.4 is 0 Å². The van der Waals surface area contributed by atoms with Gasteiger partial charge in [-0.1, -0.05) is 0 Å². The number of H-pyrrole nitrogens is 1.